The van der Waals surface area contributed by atoms with Crippen LogP contribution in [0.1, 0.15) is 28.4 Å². The number of benzene rings is 2. The van der Waals surface area contributed by atoms with E-state index in [9.17, 15) is 9.90 Å². The Balaban J connectivity index is 1.76. The number of aromatic nitrogens is 2. The summed E-state index contributed by atoms with van der Waals surface area (Å²) in [7, 11) is 0. The number of H-pyrrole nitrogens is 1. The Morgan fingerprint density at radius 1 is 1.29 bits per heavy atom. The maximum atomic E-state index is 11.3. The third-order valence-electron chi connectivity index (χ3n) is 4.48. The number of carbonyl (C=O) groups is 1. The van der Waals surface area contributed by atoms with Crippen LogP contribution in [0.2, 0.25) is 5.02 Å². The van der Waals surface area contributed by atoms with Gasteiger partial charge in [-0.1, -0.05) is 35.9 Å². The highest BCUT2D eigenvalue weighted by atomic mass is 35.5. The van der Waals surface area contributed by atoms with Crippen LogP contribution in [0.25, 0.3) is 22.0 Å². The summed E-state index contributed by atoms with van der Waals surface area (Å²) in [5, 5.41) is 16.9. The van der Waals surface area contributed by atoms with Crippen LogP contribution in [0.5, 0.6) is 0 Å². The second kappa shape index (κ2) is 5.92. The van der Waals surface area contributed by atoms with Gasteiger partial charge in [0.15, 0.2) is 5.69 Å². The predicted molar refractivity (Wildman–Crippen MR) is 91.7 cm³/mol. The summed E-state index contributed by atoms with van der Waals surface area (Å²) < 4.78 is 5.43. The fraction of sp³-hybridized carbons (Fsp3) is 0.222. The topological polar surface area (TPSA) is 75.2 Å². The van der Waals surface area contributed by atoms with E-state index >= 15 is 0 Å². The van der Waals surface area contributed by atoms with Crippen LogP contribution in [0.15, 0.2) is 36.4 Å². The number of hydrogen-bond donors (Lipinski definition) is 2. The van der Waals surface area contributed by atoms with Gasteiger partial charge in [0.2, 0.25) is 0 Å². The van der Waals surface area contributed by atoms with Crippen molar-refractivity contribution in [2.45, 2.75) is 12.3 Å². The molecule has 2 aromatic carbocycles. The first-order chi connectivity index (χ1) is 11.6. The van der Waals surface area contributed by atoms with E-state index in [2.05, 4.69) is 22.3 Å². The lowest BCUT2D eigenvalue weighted by Crippen LogP contribution is -1.97. The van der Waals surface area contributed by atoms with Crippen LogP contribution in [0.4, 0.5) is 0 Å². The molecule has 1 fully saturated rings. The molecule has 1 saturated heterocycles. The zero-order chi connectivity index (χ0) is 16.7. The number of nitrogens with zero attached hydrogens (tertiary/aromatic N) is 1. The van der Waals surface area contributed by atoms with Crippen molar-refractivity contribution in [1.82, 2.24) is 10.2 Å². The average molecular weight is 343 g/mol. The maximum Gasteiger partial charge on any atom is 0.357 e. The standard InChI is InChI=1S/C18H15ClN2O3/c19-15-8-16-14(17(18(22)23)21-20-16)7-13(15)11-3-1-10(2-4-11)12-5-6-24-9-12/h1-4,7-8,12H,5-6,9H2,(H,20,21)(H,22,23)/t12-/m0/s1. The number of carboxylic acids is 1. The third kappa shape index (κ3) is 2.56. The SMILES string of the molecule is O=C(O)c1n[nH]c2cc(Cl)c(-c3ccc([C@H]4CCOC4)cc3)cc12. The number of halogens is 1. The van der Waals surface area contributed by atoms with Gasteiger partial charge in [-0.3, -0.25) is 5.10 Å². The Labute approximate surface area is 143 Å². The molecule has 6 heteroatoms. The van der Waals surface area contributed by atoms with Crippen LogP contribution in [0.3, 0.4) is 0 Å². The molecule has 1 aromatic heterocycles. The van der Waals surface area contributed by atoms with Gasteiger partial charge in [0.1, 0.15) is 0 Å². The number of aromatic amines is 1. The molecule has 2 N–H and O–H groups in total. The molecule has 24 heavy (non-hydrogen) atoms. The van der Waals surface area contributed by atoms with Gasteiger partial charge < -0.3 is 9.84 Å². The minimum Gasteiger partial charge on any atom is -0.476 e. The highest BCUT2D eigenvalue weighted by molar-refractivity contribution is 6.34. The van der Waals surface area contributed by atoms with Crippen molar-refractivity contribution in [3.63, 3.8) is 0 Å². The maximum absolute atomic E-state index is 11.3. The summed E-state index contributed by atoms with van der Waals surface area (Å²) in [6.45, 7) is 1.58. The van der Waals surface area contributed by atoms with E-state index in [-0.39, 0.29) is 5.69 Å². The van der Waals surface area contributed by atoms with E-state index in [4.69, 9.17) is 16.3 Å². The van der Waals surface area contributed by atoms with Crippen molar-refractivity contribution in [3.8, 4) is 11.1 Å². The summed E-state index contributed by atoms with van der Waals surface area (Å²) in [6.07, 6.45) is 1.04. The van der Waals surface area contributed by atoms with Crippen molar-refractivity contribution in [3.05, 3.63) is 52.7 Å². The molecule has 0 unspecified atom stereocenters. The molecule has 0 spiro atoms. The fourth-order valence-corrected chi connectivity index (χ4v) is 3.43. The average Bonchev–Trinajstić information content (AvgIpc) is 3.23. The van der Waals surface area contributed by atoms with Gasteiger partial charge in [-0.2, -0.15) is 5.10 Å². The molecular weight excluding hydrogens is 328 g/mol. The van der Waals surface area contributed by atoms with Crippen molar-refractivity contribution >= 4 is 28.5 Å². The van der Waals surface area contributed by atoms with Crippen LogP contribution in [-0.2, 0) is 4.74 Å². The summed E-state index contributed by atoms with van der Waals surface area (Å²) in [5.74, 6) is -0.615. The van der Waals surface area contributed by atoms with Gasteiger partial charge >= 0.3 is 5.97 Å². The molecule has 4 rings (SSSR count). The van der Waals surface area contributed by atoms with Crippen molar-refractivity contribution in [2.75, 3.05) is 13.2 Å². The van der Waals surface area contributed by atoms with Crippen molar-refractivity contribution in [2.24, 2.45) is 0 Å². The first-order valence-corrected chi connectivity index (χ1v) is 8.10. The summed E-state index contributed by atoms with van der Waals surface area (Å²) in [4.78, 5) is 11.3. The lowest BCUT2D eigenvalue weighted by atomic mass is 9.95. The summed E-state index contributed by atoms with van der Waals surface area (Å²) in [5.41, 5.74) is 3.61. The molecule has 3 aromatic rings. The Kier molecular flexibility index (Phi) is 3.75. The number of rotatable bonds is 3. The van der Waals surface area contributed by atoms with E-state index in [0.29, 0.717) is 21.8 Å². The zero-order valence-corrected chi connectivity index (χ0v) is 13.5. The van der Waals surface area contributed by atoms with E-state index in [0.717, 1.165) is 30.8 Å². The first kappa shape index (κ1) is 15.2. The molecule has 2 heterocycles. The van der Waals surface area contributed by atoms with Gasteiger partial charge in [0.05, 0.1) is 17.1 Å². The Morgan fingerprint density at radius 2 is 2.08 bits per heavy atom. The Hall–Kier alpha value is -2.37. The Morgan fingerprint density at radius 3 is 2.75 bits per heavy atom. The highest BCUT2D eigenvalue weighted by Gasteiger charge is 2.18. The number of ether oxygens (including phenoxy) is 1. The molecule has 0 amide bonds. The van der Waals surface area contributed by atoms with Gasteiger partial charge in [0, 0.05) is 23.5 Å². The van der Waals surface area contributed by atoms with Gasteiger partial charge in [-0.15, -0.1) is 0 Å². The lowest BCUT2D eigenvalue weighted by molar-refractivity contribution is 0.0692. The molecule has 0 radical (unpaired) electrons. The molecule has 1 aliphatic heterocycles. The zero-order valence-electron chi connectivity index (χ0n) is 12.8. The number of carboxylic acid groups (broad SMARTS) is 1. The lowest BCUT2D eigenvalue weighted by Gasteiger charge is -2.10. The smallest absolute Gasteiger partial charge is 0.357 e. The largest absolute Gasteiger partial charge is 0.476 e. The molecule has 0 bridgehead atoms. The number of hydrogen-bond acceptors (Lipinski definition) is 3. The van der Waals surface area contributed by atoms with Gasteiger partial charge in [0.25, 0.3) is 0 Å². The summed E-state index contributed by atoms with van der Waals surface area (Å²) >= 11 is 6.38. The second-order valence-corrected chi connectivity index (χ2v) is 6.34. The first-order valence-electron chi connectivity index (χ1n) is 7.72. The highest BCUT2D eigenvalue weighted by Crippen LogP contribution is 2.34. The molecular formula is C18H15ClN2O3. The molecule has 0 aliphatic carbocycles. The number of fused-ring (bicyclic) bond motifs is 1. The summed E-state index contributed by atoms with van der Waals surface area (Å²) in [6, 6.07) is 11.7. The minimum atomic E-state index is -1.06. The van der Waals surface area contributed by atoms with E-state index in [1.54, 1.807) is 12.1 Å². The minimum absolute atomic E-state index is 0.00245. The third-order valence-corrected chi connectivity index (χ3v) is 4.79. The van der Waals surface area contributed by atoms with Gasteiger partial charge in [-0.05, 0) is 29.7 Å². The normalized spacial score (nSPS) is 17.5. The monoisotopic (exact) mass is 342 g/mol. The molecule has 0 saturated carbocycles. The van der Waals surface area contributed by atoms with E-state index in [1.807, 2.05) is 12.1 Å². The molecule has 1 atom stereocenters. The van der Waals surface area contributed by atoms with Crippen LogP contribution < -0.4 is 0 Å². The van der Waals surface area contributed by atoms with Crippen molar-refractivity contribution in [1.29, 1.82) is 0 Å². The number of aromatic carboxylic acids is 1. The second-order valence-electron chi connectivity index (χ2n) is 5.94. The van der Waals surface area contributed by atoms with E-state index < -0.39 is 5.97 Å². The van der Waals surface area contributed by atoms with E-state index in [1.165, 1.54) is 5.56 Å². The predicted octanol–water partition coefficient (Wildman–Crippen LogP) is 4.09. The number of nitrogens with one attached hydrogen (secondary N) is 1. The molecule has 1 aliphatic rings. The molecule has 122 valence electrons. The quantitative estimate of drug-likeness (QED) is 0.751. The van der Waals surface area contributed by atoms with Crippen LogP contribution >= 0.6 is 11.6 Å². The van der Waals surface area contributed by atoms with Crippen LogP contribution in [0, 0.1) is 0 Å². The van der Waals surface area contributed by atoms with Gasteiger partial charge in [-0.25, -0.2) is 4.79 Å². The van der Waals surface area contributed by atoms with Crippen molar-refractivity contribution < 1.29 is 14.6 Å². The fourth-order valence-electron chi connectivity index (χ4n) is 3.15. The molecule has 5 nitrogen and oxygen atoms in total. The van der Waals surface area contributed by atoms with Crippen LogP contribution in [-0.4, -0.2) is 34.5 Å². The Bertz CT molecular complexity index is 912.